The number of nitrogens with zero attached hydrogens (tertiary/aromatic N) is 4. The van der Waals surface area contributed by atoms with Crippen LogP contribution in [0, 0.1) is 0 Å². The third kappa shape index (κ3) is 4.53. The normalized spacial score (nSPS) is 17.1. The molecular formula is C25H18N4O4S2. The molecule has 4 aromatic rings. The number of aliphatic hydroxyl groups excluding tert-OH is 1. The number of phenols is 1. The first kappa shape index (κ1) is 22.8. The van der Waals surface area contributed by atoms with Gasteiger partial charge in [-0.05, 0) is 35.4 Å². The highest BCUT2D eigenvalue weighted by Crippen LogP contribution is 2.44. The minimum absolute atomic E-state index is 0.0374. The zero-order valence-corrected chi connectivity index (χ0v) is 19.7. The highest BCUT2D eigenvalue weighted by atomic mass is 32.2. The van der Waals surface area contributed by atoms with Crippen molar-refractivity contribution >= 4 is 45.7 Å². The van der Waals surface area contributed by atoms with Crippen molar-refractivity contribution in [1.82, 2.24) is 15.2 Å². The Morgan fingerprint density at radius 1 is 0.971 bits per heavy atom. The fourth-order valence-electron chi connectivity index (χ4n) is 3.74. The molecular weight excluding hydrogens is 484 g/mol. The molecule has 2 N–H and O–H groups in total. The number of hydrogen-bond acceptors (Lipinski definition) is 9. The summed E-state index contributed by atoms with van der Waals surface area (Å²) >= 11 is 2.68. The summed E-state index contributed by atoms with van der Waals surface area (Å²) in [5, 5.41) is 29.4. The number of aromatic nitrogens is 3. The van der Waals surface area contributed by atoms with E-state index in [1.807, 2.05) is 30.3 Å². The number of carbonyl (C=O) groups is 2. The van der Waals surface area contributed by atoms with Crippen LogP contribution in [-0.2, 0) is 15.3 Å². The molecule has 10 heteroatoms. The second-order valence-corrected chi connectivity index (χ2v) is 9.80. The van der Waals surface area contributed by atoms with Crippen LogP contribution in [0.4, 0.5) is 5.13 Å². The summed E-state index contributed by atoms with van der Waals surface area (Å²) in [5.41, 5.74) is 1.95. The van der Waals surface area contributed by atoms with Gasteiger partial charge in [-0.25, -0.2) is 0 Å². The van der Waals surface area contributed by atoms with E-state index in [0.717, 1.165) is 5.56 Å². The Labute approximate surface area is 208 Å². The number of ketones is 1. The van der Waals surface area contributed by atoms with Crippen LogP contribution in [0.5, 0.6) is 5.75 Å². The number of amides is 1. The van der Waals surface area contributed by atoms with Gasteiger partial charge in [-0.3, -0.25) is 19.5 Å². The second kappa shape index (κ2) is 9.69. The van der Waals surface area contributed by atoms with Crippen molar-refractivity contribution in [3.8, 4) is 5.75 Å². The summed E-state index contributed by atoms with van der Waals surface area (Å²) in [5.74, 6) is -1.23. The fraction of sp³-hybridized carbons (Fsp3) is 0.0800. The molecule has 1 aliphatic heterocycles. The van der Waals surface area contributed by atoms with Gasteiger partial charge < -0.3 is 10.2 Å². The predicted octanol–water partition coefficient (Wildman–Crippen LogP) is 4.56. The Morgan fingerprint density at radius 2 is 1.69 bits per heavy atom. The van der Waals surface area contributed by atoms with Crippen molar-refractivity contribution in [3.05, 3.63) is 101 Å². The molecule has 1 aliphatic rings. The van der Waals surface area contributed by atoms with Crippen molar-refractivity contribution in [2.45, 2.75) is 16.1 Å². The maximum atomic E-state index is 13.2. The van der Waals surface area contributed by atoms with Gasteiger partial charge in [0.2, 0.25) is 5.13 Å². The summed E-state index contributed by atoms with van der Waals surface area (Å²) in [6.07, 6.45) is 2.98. The molecule has 0 radical (unpaired) electrons. The van der Waals surface area contributed by atoms with Crippen molar-refractivity contribution in [1.29, 1.82) is 0 Å². The smallest absolute Gasteiger partial charge is 0.301 e. The maximum absolute atomic E-state index is 13.2. The zero-order valence-electron chi connectivity index (χ0n) is 18.1. The van der Waals surface area contributed by atoms with E-state index in [9.17, 15) is 19.8 Å². The molecule has 0 spiro atoms. The van der Waals surface area contributed by atoms with Gasteiger partial charge in [0, 0.05) is 23.7 Å². The largest absolute Gasteiger partial charge is 0.508 e. The van der Waals surface area contributed by atoms with Crippen LogP contribution in [0.3, 0.4) is 0 Å². The predicted molar refractivity (Wildman–Crippen MR) is 133 cm³/mol. The number of aromatic hydroxyl groups is 1. The Bertz CT molecular complexity index is 1410. The molecule has 3 heterocycles. The van der Waals surface area contributed by atoms with Crippen LogP contribution < -0.4 is 4.90 Å². The average Bonchev–Trinajstić information content (AvgIpc) is 3.46. The number of benzene rings is 2. The van der Waals surface area contributed by atoms with E-state index >= 15 is 0 Å². The first-order valence-electron chi connectivity index (χ1n) is 10.5. The summed E-state index contributed by atoms with van der Waals surface area (Å²) < 4.78 is 0.643. The zero-order chi connectivity index (χ0) is 24.4. The number of anilines is 1. The van der Waals surface area contributed by atoms with Crippen LogP contribution in [0.25, 0.3) is 5.76 Å². The van der Waals surface area contributed by atoms with E-state index in [1.165, 1.54) is 52.5 Å². The lowest BCUT2D eigenvalue weighted by molar-refractivity contribution is -0.132. The van der Waals surface area contributed by atoms with Gasteiger partial charge in [-0.15, -0.1) is 10.2 Å². The first-order chi connectivity index (χ1) is 17.0. The third-order valence-electron chi connectivity index (χ3n) is 5.41. The Morgan fingerprint density at radius 3 is 2.40 bits per heavy atom. The molecule has 1 amide bonds. The number of hydrogen-bond donors (Lipinski definition) is 2. The van der Waals surface area contributed by atoms with Crippen molar-refractivity contribution < 1.29 is 19.8 Å². The minimum atomic E-state index is -0.941. The number of rotatable bonds is 6. The molecule has 0 aliphatic carbocycles. The standard InChI is InChI=1S/C25H18N4O4S2/c30-18-8-6-16(7-9-18)20-19(21(31)17-10-12-26-13-11-17)22(32)23(33)29(20)24-27-28-25(35-24)34-14-15-4-2-1-3-5-15/h1-13,20,30-31H,14H2. The molecule has 2 aromatic carbocycles. The third-order valence-corrected chi connectivity index (χ3v) is 7.54. The molecule has 2 aromatic heterocycles. The summed E-state index contributed by atoms with van der Waals surface area (Å²) in [4.78, 5) is 31.5. The van der Waals surface area contributed by atoms with Gasteiger partial charge >= 0.3 is 5.91 Å². The molecule has 0 saturated carbocycles. The molecule has 174 valence electrons. The molecule has 35 heavy (non-hydrogen) atoms. The molecule has 1 atom stereocenters. The number of thioether (sulfide) groups is 1. The molecule has 5 rings (SSSR count). The molecule has 0 bridgehead atoms. The summed E-state index contributed by atoms with van der Waals surface area (Å²) in [6.45, 7) is 0. The van der Waals surface area contributed by atoms with Crippen LogP contribution >= 0.6 is 23.1 Å². The van der Waals surface area contributed by atoms with Gasteiger partial charge in [0.1, 0.15) is 11.5 Å². The number of phenolic OH excluding ortho intramolecular Hbond substituents is 1. The van der Waals surface area contributed by atoms with Crippen LogP contribution in [-0.4, -0.2) is 37.1 Å². The molecule has 8 nitrogen and oxygen atoms in total. The lowest BCUT2D eigenvalue weighted by Gasteiger charge is -2.22. The van der Waals surface area contributed by atoms with Crippen molar-refractivity contribution in [2.24, 2.45) is 0 Å². The van der Waals surface area contributed by atoms with Gasteiger partial charge in [0.15, 0.2) is 4.34 Å². The van der Waals surface area contributed by atoms with E-state index in [4.69, 9.17) is 0 Å². The van der Waals surface area contributed by atoms with Crippen molar-refractivity contribution in [2.75, 3.05) is 4.90 Å². The lowest BCUT2D eigenvalue weighted by Crippen LogP contribution is -2.29. The summed E-state index contributed by atoms with van der Waals surface area (Å²) in [6, 6.07) is 18.2. The quantitative estimate of drug-likeness (QED) is 0.130. The highest BCUT2D eigenvalue weighted by molar-refractivity contribution is 8.00. The van der Waals surface area contributed by atoms with Crippen LogP contribution in [0.1, 0.15) is 22.7 Å². The summed E-state index contributed by atoms with van der Waals surface area (Å²) in [7, 11) is 0. The second-order valence-electron chi connectivity index (χ2n) is 7.62. The van der Waals surface area contributed by atoms with Gasteiger partial charge in [0.25, 0.3) is 5.78 Å². The van der Waals surface area contributed by atoms with E-state index in [2.05, 4.69) is 15.2 Å². The van der Waals surface area contributed by atoms with E-state index in [1.54, 1.807) is 24.3 Å². The van der Waals surface area contributed by atoms with E-state index in [0.29, 0.717) is 21.2 Å². The van der Waals surface area contributed by atoms with Gasteiger partial charge in [-0.1, -0.05) is 65.6 Å². The van der Waals surface area contributed by atoms with E-state index < -0.39 is 17.7 Å². The molecule has 1 saturated heterocycles. The first-order valence-corrected chi connectivity index (χ1v) is 12.3. The van der Waals surface area contributed by atoms with Gasteiger partial charge in [0.05, 0.1) is 11.6 Å². The van der Waals surface area contributed by atoms with Gasteiger partial charge in [-0.2, -0.15) is 0 Å². The number of carbonyl (C=O) groups excluding carboxylic acids is 2. The molecule has 1 fully saturated rings. The average molecular weight is 503 g/mol. The SMILES string of the molecule is O=C1C(=O)N(c2nnc(SCc3ccccc3)s2)C(c2ccc(O)cc2)C1=C(O)c1ccncc1. The minimum Gasteiger partial charge on any atom is -0.508 e. The fourth-order valence-corrected chi connectivity index (χ4v) is 5.57. The maximum Gasteiger partial charge on any atom is 0.301 e. The Hall–Kier alpha value is -4.02. The highest BCUT2D eigenvalue weighted by Gasteiger charge is 2.48. The van der Waals surface area contributed by atoms with Crippen molar-refractivity contribution in [3.63, 3.8) is 0 Å². The topological polar surface area (TPSA) is 117 Å². The number of aliphatic hydroxyl groups is 1. The number of pyridine rings is 1. The lowest BCUT2D eigenvalue weighted by atomic mass is 9.95. The molecule has 1 unspecified atom stereocenters. The monoisotopic (exact) mass is 502 g/mol. The Balaban J connectivity index is 1.54. The Kier molecular flexibility index (Phi) is 6.30. The van der Waals surface area contributed by atoms with Crippen LogP contribution in [0.15, 0.2) is 89.0 Å². The van der Waals surface area contributed by atoms with E-state index in [-0.39, 0.29) is 22.2 Å². The van der Waals surface area contributed by atoms with Crippen LogP contribution in [0.2, 0.25) is 0 Å². The number of Topliss-reactive ketones (excluding diaryl/α,β-unsaturated/α-hetero) is 1.